The van der Waals surface area contributed by atoms with E-state index in [2.05, 4.69) is 26.7 Å². The van der Waals surface area contributed by atoms with E-state index in [0.29, 0.717) is 12.4 Å². The van der Waals surface area contributed by atoms with Crippen molar-refractivity contribution in [2.45, 2.75) is 19.3 Å². The molecule has 1 saturated carbocycles. The van der Waals surface area contributed by atoms with Crippen LogP contribution >= 0.6 is 0 Å². The van der Waals surface area contributed by atoms with Gasteiger partial charge in [0.05, 0.1) is 13.2 Å². The molecule has 2 aliphatic rings. The second-order valence-corrected chi connectivity index (χ2v) is 6.22. The Morgan fingerprint density at radius 1 is 1.25 bits per heavy atom. The fraction of sp³-hybridized carbons (Fsp3) is 0.389. The Morgan fingerprint density at radius 2 is 2.12 bits per heavy atom. The van der Waals surface area contributed by atoms with Crippen LogP contribution in [0.3, 0.4) is 0 Å². The molecule has 1 aliphatic carbocycles. The van der Waals surface area contributed by atoms with Crippen LogP contribution in [0.25, 0.3) is 16.3 Å². The predicted molar refractivity (Wildman–Crippen MR) is 93.9 cm³/mol. The smallest absolute Gasteiger partial charge is 0.228 e. The van der Waals surface area contributed by atoms with Gasteiger partial charge in [0, 0.05) is 36.3 Å². The van der Waals surface area contributed by atoms with Crippen LogP contribution in [0.2, 0.25) is 0 Å². The van der Waals surface area contributed by atoms with Crippen LogP contribution in [0.5, 0.6) is 0 Å². The van der Waals surface area contributed by atoms with Gasteiger partial charge >= 0.3 is 0 Å². The zero-order valence-electron chi connectivity index (χ0n) is 13.6. The lowest BCUT2D eigenvalue weighted by molar-refractivity contribution is -0.117. The van der Waals surface area contributed by atoms with Gasteiger partial charge in [-0.1, -0.05) is 6.08 Å². The average Bonchev–Trinajstić information content (AvgIpc) is 3.46. The molecule has 4 rings (SSSR count). The Bertz CT molecular complexity index is 827. The molecule has 6 nitrogen and oxygen atoms in total. The largest absolute Gasteiger partial charge is 0.376 e. The van der Waals surface area contributed by atoms with E-state index in [0.717, 1.165) is 53.6 Å². The first-order chi connectivity index (χ1) is 11.8. The molecule has 1 aliphatic heterocycles. The first-order valence-corrected chi connectivity index (χ1v) is 8.31. The number of hydrogen-bond acceptors (Lipinski definition) is 5. The summed E-state index contributed by atoms with van der Waals surface area (Å²) < 4.78 is 5.58. The second-order valence-electron chi connectivity index (χ2n) is 6.22. The van der Waals surface area contributed by atoms with Gasteiger partial charge in [-0.25, -0.2) is 9.97 Å². The topological polar surface area (TPSA) is 76.1 Å². The van der Waals surface area contributed by atoms with E-state index in [4.69, 9.17) is 4.74 Å². The Kier molecular flexibility index (Phi) is 3.90. The SMILES string of the molecule is CNc1ncc(C2=CCCOC2)c2cc(NC(=O)C3CC3)ncc12. The lowest BCUT2D eigenvalue weighted by atomic mass is 10.00. The lowest BCUT2D eigenvalue weighted by Crippen LogP contribution is -2.14. The van der Waals surface area contributed by atoms with E-state index in [1.165, 1.54) is 0 Å². The maximum atomic E-state index is 12.0. The highest BCUT2D eigenvalue weighted by Gasteiger charge is 2.29. The monoisotopic (exact) mass is 324 g/mol. The number of pyridine rings is 2. The first kappa shape index (κ1) is 15.1. The van der Waals surface area contributed by atoms with Gasteiger partial charge in [0.2, 0.25) is 5.91 Å². The maximum absolute atomic E-state index is 12.0. The molecule has 2 aromatic heterocycles. The molecule has 0 spiro atoms. The summed E-state index contributed by atoms with van der Waals surface area (Å²) >= 11 is 0. The summed E-state index contributed by atoms with van der Waals surface area (Å²) in [5.41, 5.74) is 2.17. The molecule has 124 valence electrons. The van der Waals surface area contributed by atoms with Gasteiger partial charge in [0.1, 0.15) is 11.6 Å². The molecular formula is C18H20N4O2. The van der Waals surface area contributed by atoms with Crippen LogP contribution in [0.1, 0.15) is 24.8 Å². The minimum atomic E-state index is 0.0616. The third-order valence-electron chi connectivity index (χ3n) is 4.46. The number of aromatic nitrogens is 2. The quantitative estimate of drug-likeness (QED) is 0.904. The number of carbonyl (C=O) groups excluding carboxylic acids is 1. The Balaban J connectivity index is 1.79. The van der Waals surface area contributed by atoms with Crippen LogP contribution in [0.15, 0.2) is 24.5 Å². The summed E-state index contributed by atoms with van der Waals surface area (Å²) in [6, 6.07) is 1.93. The van der Waals surface area contributed by atoms with Crippen molar-refractivity contribution in [2.24, 2.45) is 5.92 Å². The van der Waals surface area contributed by atoms with Crippen molar-refractivity contribution in [2.75, 3.05) is 30.9 Å². The summed E-state index contributed by atoms with van der Waals surface area (Å²) in [6.45, 7) is 1.34. The zero-order chi connectivity index (χ0) is 16.5. The molecule has 0 unspecified atom stereocenters. The maximum Gasteiger partial charge on any atom is 0.228 e. The standard InChI is InChI=1S/C18H20N4O2/c1-19-17-15-9-20-16(22-18(23)11-4-5-11)7-13(15)14(8-21-17)12-3-2-6-24-10-12/h3,7-9,11H,2,4-6,10H2,1H3,(H,19,21)(H,20,22,23). The molecule has 24 heavy (non-hydrogen) atoms. The molecule has 0 saturated heterocycles. The van der Waals surface area contributed by atoms with E-state index in [1.807, 2.05) is 19.3 Å². The van der Waals surface area contributed by atoms with Gasteiger partial charge in [-0.3, -0.25) is 4.79 Å². The van der Waals surface area contributed by atoms with Crippen molar-refractivity contribution in [1.29, 1.82) is 0 Å². The van der Waals surface area contributed by atoms with E-state index < -0.39 is 0 Å². The van der Waals surface area contributed by atoms with Crippen LogP contribution < -0.4 is 10.6 Å². The molecule has 3 heterocycles. The third kappa shape index (κ3) is 2.85. The highest BCUT2D eigenvalue weighted by atomic mass is 16.5. The van der Waals surface area contributed by atoms with Crippen molar-refractivity contribution in [3.05, 3.63) is 30.1 Å². The zero-order valence-corrected chi connectivity index (χ0v) is 13.6. The van der Waals surface area contributed by atoms with E-state index in [1.54, 1.807) is 6.20 Å². The van der Waals surface area contributed by atoms with Crippen molar-refractivity contribution in [3.63, 3.8) is 0 Å². The van der Waals surface area contributed by atoms with Crippen molar-refractivity contribution < 1.29 is 9.53 Å². The van der Waals surface area contributed by atoms with E-state index in [-0.39, 0.29) is 11.8 Å². The Hall–Kier alpha value is -2.47. The summed E-state index contributed by atoms with van der Waals surface area (Å²) in [5, 5.41) is 7.98. The summed E-state index contributed by atoms with van der Waals surface area (Å²) in [7, 11) is 1.84. The summed E-state index contributed by atoms with van der Waals surface area (Å²) in [5.74, 6) is 1.58. The van der Waals surface area contributed by atoms with Gasteiger partial charge in [-0.2, -0.15) is 0 Å². The lowest BCUT2D eigenvalue weighted by Gasteiger charge is -2.17. The summed E-state index contributed by atoms with van der Waals surface area (Å²) in [6.07, 6.45) is 8.68. The minimum Gasteiger partial charge on any atom is -0.376 e. The molecule has 0 bridgehead atoms. The molecule has 1 amide bonds. The highest BCUT2D eigenvalue weighted by molar-refractivity contribution is 6.02. The van der Waals surface area contributed by atoms with Crippen LogP contribution in [-0.4, -0.2) is 36.1 Å². The molecular weight excluding hydrogens is 304 g/mol. The van der Waals surface area contributed by atoms with Gasteiger partial charge in [-0.15, -0.1) is 0 Å². The summed E-state index contributed by atoms with van der Waals surface area (Å²) in [4.78, 5) is 20.9. The fourth-order valence-electron chi connectivity index (χ4n) is 2.98. The van der Waals surface area contributed by atoms with Crippen molar-refractivity contribution in [1.82, 2.24) is 9.97 Å². The number of nitrogens with one attached hydrogen (secondary N) is 2. The molecule has 2 aromatic rings. The van der Waals surface area contributed by atoms with Gasteiger partial charge in [0.25, 0.3) is 0 Å². The number of ether oxygens (including phenoxy) is 1. The van der Waals surface area contributed by atoms with E-state index in [9.17, 15) is 4.79 Å². The highest BCUT2D eigenvalue weighted by Crippen LogP contribution is 2.33. The van der Waals surface area contributed by atoms with Crippen molar-refractivity contribution >= 4 is 33.9 Å². The van der Waals surface area contributed by atoms with Crippen LogP contribution in [0.4, 0.5) is 11.6 Å². The number of nitrogens with zero attached hydrogens (tertiary/aromatic N) is 2. The molecule has 6 heteroatoms. The van der Waals surface area contributed by atoms with Crippen LogP contribution in [0, 0.1) is 5.92 Å². The molecule has 0 atom stereocenters. The second kappa shape index (κ2) is 6.20. The molecule has 0 radical (unpaired) electrons. The Labute approximate surface area is 140 Å². The first-order valence-electron chi connectivity index (χ1n) is 8.31. The number of hydrogen-bond donors (Lipinski definition) is 2. The van der Waals surface area contributed by atoms with Crippen LogP contribution in [-0.2, 0) is 9.53 Å². The van der Waals surface area contributed by atoms with Gasteiger partial charge < -0.3 is 15.4 Å². The fourth-order valence-corrected chi connectivity index (χ4v) is 2.98. The molecule has 1 fully saturated rings. The Morgan fingerprint density at radius 3 is 2.83 bits per heavy atom. The normalized spacial score (nSPS) is 17.5. The van der Waals surface area contributed by atoms with Gasteiger partial charge in [-0.05, 0) is 36.3 Å². The third-order valence-corrected chi connectivity index (χ3v) is 4.46. The minimum absolute atomic E-state index is 0.0616. The van der Waals surface area contributed by atoms with Gasteiger partial charge in [0.15, 0.2) is 0 Å². The number of fused-ring (bicyclic) bond motifs is 1. The number of amides is 1. The number of anilines is 2. The number of rotatable bonds is 4. The van der Waals surface area contributed by atoms with Crippen molar-refractivity contribution in [3.8, 4) is 0 Å². The average molecular weight is 324 g/mol. The predicted octanol–water partition coefficient (Wildman–Crippen LogP) is 2.82. The molecule has 0 aromatic carbocycles. The van der Waals surface area contributed by atoms with E-state index >= 15 is 0 Å². The molecule has 2 N–H and O–H groups in total. The number of carbonyl (C=O) groups is 1.